The van der Waals surface area contributed by atoms with Crippen LogP contribution in [0.3, 0.4) is 0 Å². The zero-order valence-corrected chi connectivity index (χ0v) is 13.5. The molecule has 0 aliphatic heterocycles. The molecule has 3 heteroatoms. The van der Waals surface area contributed by atoms with Crippen LogP contribution in [0.4, 0.5) is 0 Å². The lowest BCUT2D eigenvalue weighted by Crippen LogP contribution is -2.39. The summed E-state index contributed by atoms with van der Waals surface area (Å²) in [4.78, 5) is 4.83. The van der Waals surface area contributed by atoms with Crippen LogP contribution >= 0.6 is 0 Å². The molecule has 1 unspecified atom stereocenters. The number of nitrogens with two attached hydrogens (primary N) is 1. The first-order valence-corrected chi connectivity index (χ1v) is 7.35. The number of rotatable bonds is 9. The molecule has 0 amide bonds. The molecule has 110 valence electrons. The Labute approximate surface area is 115 Å². The molecule has 0 radical (unpaired) electrons. The van der Waals surface area contributed by atoms with E-state index in [-0.39, 0.29) is 0 Å². The lowest BCUT2D eigenvalue weighted by atomic mass is 9.84. The number of nitrogens with zero attached hydrogens (tertiary/aromatic N) is 2. The van der Waals surface area contributed by atoms with E-state index in [0.717, 1.165) is 26.2 Å². The van der Waals surface area contributed by atoms with Crippen molar-refractivity contribution in [2.24, 2.45) is 17.1 Å². The summed E-state index contributed by atoms with van der Waals surface area (Å²) in [6.07, 6.45) is 2.44. The molecular weight excluding hydrogens is 222 g/mol. The molecule has 0 aromatic carbocycles. The quantitative estimate of drug-likeness (QED) is 0.688. The van der Waals surface area contributed by atoms with Gasteiger partial charge in [0.1, 0.15) is 0 Å². The molecular formula is C15H35N3. The Hall–Kier alpha value is -0.120. The van der Waals surface area contributed by atoms with Crippen molar-refractivity contribution in [1.82, 2.24) is 9.80 Å². The molecule has 0 aromatic heterocycles. The maximum absolute atomic E-state index is 5.94. The molecule has 0 rings (SSSR count). The SMILES string of the molecule is CCCN(CCN(C)C)CC(CN)CC(C)(C)C. The van der Waals surface area contributed by atoms with E-state index in [4.69, 9.17) is 5.73 Å². The molecule has 0 bridgehead atoms. The van der Waals surface area contributed by atoms with E-state index in [1.54, 1.807) is 0 Å². The summed E-state index contributed by atoms with van der Waals surface area (Å²) < 4.78 is 0. The molecule has 0 saturated carbocycles. The summed E-state index contributed by atoms with van der Waals surface area (Å²) in [7, 11) is 4.28. The Morgan fingerprint density at radius 2 is 1.67 bits per heavy atom. The highest BCUT2D eigenvalue weighted by atomic mass is 15.2. The average molecular weight is 257 g/mol. The highest BCUT2D eigenvalue weighted by molar-refractivity contribution is 4.74. The van der Waals surface area contributed by atoms with E-state index in [1.165, 1.54) is 19.4 Å². The predicted octanol–water partition coefficient (Wildman–Crippen LogP) is 2.27. The number of hydrogen-bond acceptors (Lipinski definition) is 3. The fraction of sp³-hybridized carbons (Fsp3) is 1.00. The van der Waals surface area contributed by atoms with Crippen LogP contribution in [0.2, 0.25) is 0 Å². The zero-order chi connectivity index (χ0) is 14.2. The van der Waals surface area contributed by atoms with E-state index in [0.29, 0.717) is 11.3 Å². The van der Waals surface area contributed by atoms with Gasteiger partial charge in [-0.15, -0.1) is 0 Å². The minimum Gasteiger partial charge on any atom is -0.330 e. The summed E-state index contributed by atoms with van der Waals surface area (Å²) in [6, 6.07) is 0. The van der Waals surface area contributed by atoms with Gasteiger partial charge in [-0.3, -0.25) is 0 Å². The lowest BCUT2D eigenvalue weighted by molar-refractivity contribution is 0.181. The van der Waals surface area contributed by atoms with Crippen LogP contribution in [0.1, 0.15) is 40.5 Å². The van der Waals surface area contributed by atoms with Crippen molar-refractivity contribution in [3.8, 4) is 0 Å². The Morgan fingerprint density at radius 1 is 1.06 bits per heavy atom. The lowest BCUT2D eigenvalue weighted by Gasteiger charge is -2.31. The number of likely N-dealkylation sites (N-methyl/N-ethyl adjacent to an activating group) is 1. The van der Waals surface area contributed by atoms with Crippen LogP contribution in [0.5, 0.6) is 0 Å². The normalized spacial score (nSPS) is 14.5. The summed E-state index contributed by atoms with van der Waals surface area (Å²) >= 11 is 0. The van der Waals surface area contributed by atoms with Gasteiger partial charge in [0.05, 0.1) is 0 Å². The molecule has 1 atom stereocenters. The molecule has 0 spiro atoms. The molecule has 18 heavy (non-hydrogen) atoms. The van der Waals surface area contributed by atoms with Gasteiger partial charge in [-0.2, -0.15) is 0 Å². The molecule has 0 aromatic rings. The highest BCUT2D eigenvalue weighted by Gasteiger charge is 2.19. The van der Waals surface area contributed by atoms with Crippen molar-refractivity contribution in [3.63, 3.8) is 0 Å². The minimum atomic E-state index is 0.378. The van der Waals surface area contributed by atoms with Gasteiger partial charge in [0.25, 0.3) is 0 Å². The van der Waals surface area contributed by atoms with Crippen LogP contribution in [0.25, 0.3) is 0 Å². The van der Waals surface area contributed by atoms with Crippen LogP contribution in [0.15, 0.2) is 0 Å². The third kappa shape index (κ3) is 9.86. The van der Waals surface area contributed by atoms with Crippen molar-refractivity contribution in [2.75, 3.05) is 46.8 Å². The van der Waals surface area contributed by atoms with E-state index in [9.17, 15) is 0 Å². The maximum atomic E-state index is 5.94. The summed E-state index contributed by atoms with van der Waals surface area (Å²) in [5.41, 5.74) is 6.32. The third-order valence-corrected chi connectivity index (χ3v) is 3.15. The van der Waals surface area contributed by atoms with Gasteiger partial charge in [-0.25, -0.2) is 0 Å². The van der Waals surface area contributed by atoms with Crippen LogP contribution in [-0.4, -0.2) is 56.6 Å². The topological polar surface area (TPSA) is 32.5 Å². The Balaban J connectivity index is 4.25. The van der Waals surface area contributed by atoms with Gasteiger partial charge < -0.3 is 15.5 Å². The summed E-state index contributed by atoms with van der Waals surface area (Å²) in [5, 5.41) is 0. The highest BCUT2D eigenvalue weighted by Crippen LogP contribution is 2.24. The first-order valence-electron chi connectivity index (χ1n) is 7.35. The number of hydrogen-bond donors (Lipinski definition) is 1. The minimum absolute atomic E-state index is 0.378. The van der Waals surface area contributed by atoms with Crippen molar-refractivity contribution in [1.29, 1.82) is 0 Å². The zero-order valence-electron chi connectivity index (χ0n) is 13.5. The summed E-state index contributed by atoms with van der Waals surface area (Å²) in [5.74, 6) is 0.624. The molecule has 2 N–H and O–H groups in total. The second-order valence-corrected chi connectivity index (χ2v) is 6.97. The van der Waals surface area contributed by atoms with Crippen LogP contribution in [0, 0.1) is 11.3 Å². The molecule has 0 saturated heterocycles. The van der Waals surface area contributed by atoms with Crippen LogP contribution < -0.4 is 5.73 Å². The van der Waals surface area contributed by atoms with E-state index in [1.807, 2.05) is 0 Å². The first kappa shape index (κ1) is 17.9. The van der Waals surface area contributed by atoms with E-state index >= 15 is 0 Å². The monoisotopic (exact) mass is 257 g/mol. The van der Waals surface area contributed by atoms with Crippen molar-refractivity contribution < 1.29 is 0 Å². The van der Waals surface area contributed by atoms with Gasteiger partial charge in [0.2, 0.25) is 0 Å². The van der Waals surface area contributed by atoms with E-state index < -0.39 is 0 Å². The van der Waals surface area contributed by atoms with Gasteiger partial charge in [-0.1, -0.05) is 27.7 Å². The fourth-order valence-corrected chi connectivity index (χ4v) is 2.41. The Kier molecular flexibility index (Phi) is 8.83. The largest absolute Gasteiger partial charge is 0.330 e. The Bertz CT molecular complexity index is 196. The maximum Gasteiger partial charge on any atom is 0.0109 e. The van der Waals surface area contributed by atoms with E-state index in [2.05, 4.69) is 51.6 Å². The van der Waals surface area contributed by atoms with Gasteiger partial charge >= 0.3 is 0 Å². The molecule has 0 heterocycles. The van der Waals surface area contributed by atoms with Crippen LogP contribution in [-0.2, 0) is 0 Å². The third-order valence-electron chi connectivity index (χ3n) is 3.15. The van der Waals surface area contributed by atoms with Crippen molar-refractivity contribution in [3.05, 3.63) is 0 Å². The second kappa shape index (κ2) is 8.89. The first-order chi connectivity index (χ1) is 8.28. The van der Waals surface area contributed by atoms with Crippen molar-refractivity contribution >= 4 is 0 Å². The fourth-order valence-electron chi connectivity index (χ4n) is 2.41. The van der Waals surface area contributed by atoms with Gasteiger partial charge in [0, 0.05) is 19.6 Å². The standard InChI is InChI=1S/C15H35N3/c1-7-8-18(10-9-17(5)6)13-14(12-16)11-15(2,3)4/h14H,7-13,16H2,1-6H3. The molecule has 0 fully saturated rings. The summed E-state index contributed by atoms with van der Waals surface area (Å²) in [6.45, 7) is 14.6. The molecule has 3 nitrogen and oxygen atoms in total. The van der Waals surface area contributed by atoms with Crippen molar-refractivity contribution in [2.45, 2.75) is 40.5 Å². The molecule has 0 aliphatic carbocycles. The Morgan fingerprint density at radius 3 is 2.06 bits per heavy atom. The predicted molar refractivity (Wildman–Crippen MR) is 81.9 cm³/mol. The van der Waals surface area contributed by atoms with Gasteiger partial charge in [-0.05, 0) is 51.4 Å². The average Bonchev–Trinajstić information content (AvgIpc) is 2.23. The molecule has 0 aliphatic rings. The second-order valence-electron chi connectivity index (χ2n) is 6.97. The van der Waals surface area contributed by atoms with Gasteiger partial charge in [0.15, 0.2) is 0 Å². The smallest absolute Gasteiger partial charge is 0.0109 e.